The number of aryl methyl sites for hydroxylation is 3. The largest absolute Gasteiger partial charge is 0.378 e. The van der Waals surface area contributed by atoms with Crippen LogP contribution in [0, 0.1) is 26.7 Å². The van der Waals surface area contributed by atoms with Crippen LogP contribution in [-0.2, 0) is 10.0 Å². The fourth-order valence-electron chi connectivity index (χ4n) is 5.78. The molecule has 0 aromatic heterocycles. The van der Waals surface area contributed by atoms with E-state index in [-0.39, 0.29) is 12.0 Å². The average Bonchev–Trinajstić information content (AvgIpc) is 3.39. The van der Waals surface area contributed by atoms with E-state index < -0.39 is 10.0 Å². The van der Waals surface area contributed by atoms with Gasteiger partial charge in [-0.15, -0.1) is 0 Å². The number of nitrogens with zero attached hydrogens (tertiary/aromatic N) is 1. The molecule has 2 aromatic rings. The molecule has 2 heterocycles. The molecule has 3 aliphatic rings. The molecule has 2 aliphatic heterocycles. The Morgan fingerprint density at radius 3 is 2.40 bits per heavy atom. The fourth-order valence-corrected chi connectivity index (χ4v) is 7.33. The van der Waals surface area contributed by atoms with Crippen LogP contribution >= 0.6 is 0 Å². The number of allylic oxidation sites excluding steroid dienone is 2. The van der Waals surface area contributed by atoms with Crippen LogP contribution < -0.4 is 5.32 Å². The summed E-state index contributed by atoms with van der Waals surface area (Å²) in [5.41, 5.74) is 7.52. The minimum absolute atomic E-state index is 0.235. The molecule has 0 amide bonds. The summed E-state index contributed by atoms with van der Waals surface area (Å²) in [6.07, 6.45) is 7.46. The highest BCUT2D eigenvalue weighted by Gasteiger charge is 2.40. The van der Waals surface area contributed by atoms with Crippen molar-refractivity contribution in [3.63, 3.8) is 0 Å². The monoisotopic (exact) mass is 422 g/mol. The Balaban J connectivity index is 1.56. The topological polar surface area (TPSA) is 49.4 Å². The summed E-state index contributed by atoms with van der Waals surface area (Å²) in [5.74, 6) is 0.655. The van der Waals surface area contributed by atoms with Crippen molar-refractivity contribution in [3.05, 3.63) is 70.3 Å². The van der Waals surface area contributed by atoms with Crippen molar-refractivity contribution in [2.24, 2.45) is 5.92 Å². The number of nitrogens with one attached hydrogen (secondary N) is 1. The van der Waals surface area contributed by atoms with Gasteiger partial charge in [-0.05, 0) is 86.4 Å². The summed E-state index contributed by atoms with van der Waals surface area (Å²) in [7, 11) is -3.40. The first kappa shape index (κ1) is 19.8. The standard InChI is InChI=1S/C25H30N2O2S/c1-16-13-17(2)24(18(3)14-16)25-21-8-6-7-20(21)22-15-19(9-10-23(22)26-25)30(28,29)27-11-4-5-12-27/h6-7,9-10,13-15,20-21,25-26H,4-5,8,11-12H2,1-3H3. The third-order valence-corrected chi connectivity index (χ3v) is 8.98. The van der Waals surface area contributed by atoms with E-state index in [4.69, 9.17) is 0 Å². The molecule has 1 saturated heterocycles. The van der Waals surface area contributed by atoms with Crippen molar-refractivity contribution < 1.29 is 8.42 Å². The molecular weight excluding hydrogens is 392 g/mol. The van der Waals surface area contributed by atoms with Crippen molar-refractivity contribution in [2.45, 2.75) is 56.9 Å². The number of anilines is 1. The van der Waals surface area contributed by atoms with E-state index in [1.807, 2.05) is 12.1 Å². The molecule has 2 aromatic carbocycles. The zero-order valence-corrected chi connectivity index (χ0v) is 18.8. The quantitative estimate of drug-likeness (QED) is 0.690. The van der Waals surface area contributed by atoms with Gasteiger partial charge in [-0.1, -0.05) is 29.8 Å². The Hall–Kier alpha value is -2.11. The van der Waals surface area contributed by atoms with Crippen LogP contribution in [0.1, 0.15) is 59.0 Å². The van der Waals surface area contributed by atoms with Crippen molar-refractivity contribution in [1.82, 2.24) is 4.31 Å². The summed E-state index contributed by atoms with van der Waals surface area (Å²) in [6, 6.07) is 10.5. The lowest BCUT2D eigenvalue weighted by Crippen LogP contribution is -2.31. The van der Waals surface area contributed by atoms with Gasteiger partial charge in [0.2, 0.25) is 10.0 Å². The molecule has 3 atom stereocenters. The summed E-state index contributed by atoms with van der Waals surface area (Å²) in [5, 5.41) is 3.79. The van der Waals surface area contributed by atoms with Crippen molar-refractivity contribution in [3.8, 4) is 0 Å². The van der Waals surface area contributed by atoms with Gasteiger partial charge in [-0.3, -0.25) is 0 Å². The van der Waals surface area contributed by atoms with Crippen LogP contribution in [-0.4, -0.2) is 25.8 Å². The second-order valence-electron chi connectivity index (χ2n) is 9.15. The zero-order valence-electron chi connectivity index (χ0n) is 18.0. The number of fused-ring (bicyclic) bond motifs is 3. The Labute approximate surface area is 180 Å². The van der Waals surface area contributed by atoms with Gasteiger partial charge in [0.05, 0.1) is 10.9 Å². The minimum atomic E-state index is -3.40. The maximum atomic E-state index is 13.1. The molecule has 0 bridgehead atoms. The van der Waals surface area contributed by atoms with E-state index in [0.717, 1.165) is 30.5 Å². The number of rotatable bonds is 3. The summed E-state index contributed by atoms with van der Waals surface area (Å²) >= 11 is 0. The Morgan fingerprint density at radius 2 is 1.70 bits per heavy atom. The first-order chi connectivity index (χ1) is 14.4. The predicted octanol–water partition coefficient (Wildman–Crippen LogP) is 5.22. The van der Waals surface area contributed by atoms with Gasteiger partial charge < -0.3 is 5.32 Å². The summed E-state index contributed by atoms with van der Waals surface area (Å²) in [6.45, 7) is 7.83. The number of hydrogen-bond donors (Lipinski definition) is 1. The lowest BCUT2D eigenvalue weighted by Gasteiger charge is -2.39. The molecule has 30 heavy (non-hydrogen) atoms. The van der Waals surface area contributed by atoms with Crippen LogP contribution in [0.5, 0.6) is 0 Å². The number of hydrogen-bond acceptors (Lipinski definition) is 3. The molecule has 3 unspecified atom stereocenters. The molecule has 1 fully saturated rings. The van der Waals surface area contributed by atoms with Crippen LogP contribution in [0.3, 0.4) is 0 Å². The minimum Gasteiger partial charge on any atom is -0.378 e. The summed E-state index contributed by atoms with van der Waals surface area (Å²) in [4.78, 5) is 0.435. The normalized spacial score (nSPS) is 25.8. The van der Waals surface area contributed by atoms with Crippen molar-refractivity contribution in [2.75, 3.05) is 18.4 Å². The van der Waals surface area contributed by atoms with E-state index >= 15 is 0 Å². The highest BCUT2D eigenvalue weighted by Crippen LogP contribution is 2.51. The third kappa shape index (κ3) is 3.10. The fraction of sp³-hybridized carbons (Fsp3) is 0.440. The molecular formula is C25H30N2O2S. The number of benzene rings is 2. The SMILES string of the molecule is Cc1cc(C)c(C2Nc3ccc(S(=O)(=O)N4CCCC4)cc3C3C=CCC32)c(C)c1. The van der Waals surface area contributed by atoms with E-state index in [2.05, 4.69) is 50.4 Å². The summed E-state index contributed by atoms with van der Waals surface area (Å²) < 4.78 is 27.8. The smallest absolute Gasteiger partial charge is 0.243 e. The van der Waals surface area contributed by atoms with E-state index in [9.17, 15) is 8.42 Å². The highest BCUT2D eigenvalue weighted by atomic mass is 32.2. The molecule has 5 rings (SSSR count). The number of sulfonamides is 1. The first-order valence-corrected chi connectivity index (χ1v) is 12.5. The first-order valence-electron chi connectivity index (χ1n) is 11.0. The van der Waals surface area contributed by atoms with Crippen LogP contribution in [0.2, 0.25) is 0 Å². The zero-order chi connectivity index (χ0) is 21.0. The molecule has 4 nitrogen and oxygen atoms in total. The van der Waals surface area contributed by atoms with Crippen LogP contribution in [0.25, 0.3) is 0 Å². The Kier molecular flexibility index (Phi) is 4.79. The second kappa shape index (κ2) is 7.24. The molecule has 0 spiro atoms. The highest BCUT2D eigenvalue weighted by molar-refractivity contribution is 7.89. The maximum absolute atomic E-state index is 13.1. The van der Waals surface area contributed by atoms with Gasteiger partial charge in [0.25, 0.3) is 0 Å². The van der Waals surface area contributed by atoms with E-state index in [1.54, 1.807) is 10.4 Å². The molecule has 0 saturated carbocycles. The van der Waals surface area contributed by atoms with Gasteiger partial charge in [0.1, 0.15) is 0 Å². The molecule has 158 valence electrons. The molecule has 0 radical (unpaired) electrons. The van der Waals surface area contributed by atoms with Gasteiger partial charge >= 0.3 is 0 Å². The van der Waals surface area contributed by atoms with Gasteiger partial charge in [0, 0.05) is 24.7 Å². The molecule has 1 aliphatic carbocycles. The maximum Gasteiger partial charge on any atom is 0.243 e. The third-order valence-electron chi connectivity index (χ3n) is 7.09. The predicted molar refractivity (Wildman–Crippen MR) is 121 cm³/mol. The van der Waals surface area contributed by atoms with Gasteiger partial charge in [-0.25, -0.2) is 8.42 Å². The lowest BCUT2D eigenvalue weighted by molar-refractivity contribution is 0.422. The van der Waals surface area contributed by atoms with E-state index in [1.165, 1.54) is 22.3 Å². The molecule has 5 heteroatoms. The second-order valence-corrected chi connectivity index (χ2v) is 11.1. The van der Waals surface area contributed by atoms with Crippen molar-refractivity contribution in [1.29, 1.82) is 0 Å². The van der Waals surface area contributed by atoms with Crippen LogP contribution in [0.4, 0.5) is 5.69 Å². The lowest BCUT2D eigenvalue weighted by atomic mass is 9.75. The Morgan fingerprint density at radius 1 is 1.00 bits per heavy atom. The van der Waals surface area contributed by atoms with Crippen molar-refractivity contribution >= 4 is 15.7 Å². The van der Waals surface area contributed by atoms with Crippen LogP contribution in [0.15, 0.2) is 47.4 Å². The van der Waals surface area contributed by atoms with E-state index in [0.29, 0.717) is 23.9 Å². The molecule has 1 N–H and O–H groups in total. The average molecular weight is 423 g/mol. The Bertz CT molecular complexity index is 1110. The van der Waals surface area contributed by atoms with Gasteiger partial charge in [-0.2, -0.15) is 4.31 Å². The van der Waals surface area contributed by atoms with Gasteiger partial charge in [0.15, 0.2) is 0 Å².